The summed E-state index contributed by atoms with van der Waals surface area (Å²) in [5.41, 5.74) is 6.76. The summed E-state index contributed by atoms with van der Waals surface area (Å²) >= 11 is 12.0. The molecule has 0 amide bonds. The molecule has 4 heteroatoms. The lowest BCUT2D eigenvalue weighted by molar-refractivity contribution is 0.596. The molecule has 0 fully saturated rings. The van der Waals surface area contributed by atoms with Gasteiger partial charge in [0, 0.05) is 16.6 Å². The predicted octanol–water partition coefficient (Wildman–Crippen LogP) is 2.95. The number of hydrogen-bond donors (Lipinski definition) is 2. The molecule has 16 heavy (non-hydrogen) atoms. The average molecular weight is 257 g/mol. The van der Waals surface area contributed by atoms with Gasteiger partial charge in [0.25, 0.3) is 0 Å². The second kappa shape index (κ2) is 4.98. The molecular weight excluding hydrogens is 243 g/mol. The number of nitrogens with one attached hydrogen (secondary N) is 1. The minimum Gasteiger partial charge on any atom is -0.386 e. The minimum atomic E-state index is 0.495. The van der Waals surface area contributed by atoms with E-state index in [1.165, 1.54) is 0 Å². The first-order valence-electron chi connectivity index (χ1n) is 5.30. The zero-order chi connectivity index (χ0) is 11.5. The lowest BCUT2D eigenvalue weighted by atomic mass is 10.0. The fourth-order valence-electron chi connectivity index (χ4n) is 1.88. The molecule has 0 saturated heterocycles. The van der Waals surface area contributed by atoms with Crippen LogP contribution in [0.1, 0.15) is 12.0 Å². The molecule has 0 saturated carbocycles. The number of benzene rings is 1. The molecule has 0 radical (unpaired) electrons. The maximum absolute atomic E-state index is 6.10. The van der Waals surface area contributed by atoms with Crippen LogP contribution in [-0.4, -0.2) is 6.54 Å². The number of halogens is 2. The van der Waals surface area contributed by atoms with Crippen LogP contribution in [0, 0.1) is 5.92 Å². The van der Waals surface area contributed by atoms with Crippen molar-refractivity contribution in [2.75, 3.05) is 6.54 Å². The fraction of sp³-hybridized carbons (Fsp3) is 0.333. The van der Waals surface area contributed by atoms with Crippen molar-refractivity contribution in [1.82, 2.24) is 5.32 Å². The van der Waals surface area contributed by atoms with E-state index in [0.717, 1.165) is 40.8 Å². The SMILES string of the molecule is NC1=C[C@H](CCc2cc(Cl)ccc2Cl)CN1. The van der Waals surface area contributed by atoms with Gasteiger partial charge in [-0.1, -0.05) is 23.2 Å². The maximum Gasteiger partial charge on any atom is 0.0922 e. The zero-order valence-electron chi connectivity index (χ0n) is 8.84. The van der Waals surface area contributed by atoms with Gasteiger partial charge in [-0.2, -0.15) is 0 Å². The highest BCUT2D eigenvalue weighted by atomic mass is 35.5. The Balaban J connectivity index is 1.97. The molecule has 1 aliphatic rings. The van der Waals surface area contributed by atoms with Gasteiger partial charge in [-0.05, 0) is 48.6 Å². The van der Waals surface area contributed by atoms with Crippen LogP contribution in [0.4, 0.5) is 0 Å². The molecule has 0 spiro atoms. The molecule has 1 atom stereocenters. The molecule has 1 aromatic carbocycles. The Morgan fingerprint density at radius 3 is 2.88 bits per heavy atom. The third kappa shape index (κ3) is 2.83. The quantitative estimate of drug-likeness (QED) is 0.873. The Hall–Kier alpha value is -0.860. The van der Waals surface area contributed by atoms with Crippen molar-refractivity contribution in [2.24, 2.45) is 11.7 Å². The second-order valence-electron chi connectivity index (χ2n) is 4.04. The maximum atomic E-state index is 6.10. The third-order valence-corrected chi connectivity index (χ3v) is 3.38. The van der Waals surface area contributed by atoms with E-state index < -0.39 is 0 Å². The van der Waals surface area contributed by atoms with Crippen LogP contribution in [0.2, 0.25) is 10.0 Å². The average Bonchev–Trinajstić information content (AvgIpc) is 2.66. The van der Waals surface area contributed by atoms with Gasteiger partial charge in [-0.3, -0.25) is 0 Å². The van der Waals surface area contributed by atoms with E-state index >= 15 is 0 Å². The van der Waals surface area contributed by atoms with Gasteiger partial charge in [-0.25, -0.2) is 0 Å². The van der Waals surface area contributed by atoms with Gasteiger partial charge in [0.1, 0.15) is 0 Å². The summed E-state index contributed by atoms with van der Waals surface area (Å²) in [4.78, 5) is 0. The largest absolute Gasteiger partial charge is 0.386 e. The summed E-state index contributed by atoms with van der Waals surface area (Å²) in [6.07, 6.45) is 4.03. The Labute approximate surface area is 105 Å². The first kappa shape index (κ1) is 11.6. The molecule has 0 aliphatic carbocycles. The lowest BCUT2D eigenvalue weighted by Gasteiger charge is -2.08. The van der Waals surface area contributed by atoms with E-state index in [2.05, 4.69) is 11.4 Å². The number of hydrogen-bond acceptors (Lipinski definition) is 2. The number of nitrogens with two attached hydrogens (primary N) is 1. The Morgan fingerprint density at radius 2 is 2.19 bits per heavy atom. The third-order valence-electron chi connectivity index (χ3n) is 2.78. The normalized spacial score (nSPS) is 19.4. The van der Waals surface area contributed by atoms with Gasteiger partial charge in [0.2, 0.25) is 0 Å². The summed E-state index contributed by atoms with van der Waals surface area (Å²) in [5, 5.41) is 4.63. The molecule has 1 aliphatic heterocycles. The molecule has 0 aromatic heterocycles. The van der Waals surface area contributed by atoms with Crippen LogP contribution >= 0.6 is 23.2 Å². The topological polar surface area (TPSA) is 38.0 Å². The van der Waals surface area contributed by atoms with Crippen LogP contribution in [-0.2, 0) is 6.42 Å². The van der Waals surface area contributed by atoms with Crippen LogP contribution < -0.4 is 11.1 Å². The molecule has 1 heterocycles. The first-order chi connectivity index (χ1) is 7.65. The van der Waals surface area contributed by atoms with Crippen molar-refractivity contribution in [3.05, 3.63) is 45.7 Å². The monoisotopic (exact) mass is 256 g/mol. The van der Waals surface area contributed by atoms with Crippen molar-refractivity contribution in [2.45, 2.75) is 12.8 Å². The molecule has 0 bridgehead atoms. The number of rotatable bonds is 3. The van der Waals surface area contributed by atoms with Crippen LogP contribution in [0.15, 0.2) is 30.1 Å². The summed E-state index contributed by atoms with van der Waals surface area (Å²) in [6, 6.07) is 5.58. The van der Waals surface area contributed by atoms with Crippen molar-refractivity contribution < 1.29 is 0 Å². The Morgan fingerprint density at radius 1 is 1.38 bits per heavy atom. The smallest absolute Gasteiger partial charge is 0.0922 e. The molecule has 2 nitrogen and oxygen atoms in total. The van der Waals surface area contributed by atoms with Crippen molar-refractivity contribution >= 4 is 23.2 Å². The molecule has 2 rings (SSSR count). The molecule has 3 N–H and O–H groups in total. The van der Waals surface area contributed by atoms with Crippen molar-refractivity contribution in [3.8, 4) is 0 Å². The highest BCUT2D eigenvalue weighted by Gasteiger charge is 2.13. The summed E-state index contributed by atoms with van der Waals surface area (Å²) in [7, 11) is 0. The molecule has 0 unspecified atom stereocenters. The Kier molecular flexibility index (Phi) is 3.62. The molecule has 1 aromatic rings. The van der Waals surface area contributed by atoms with Crippen LogP contribution in [0.3, 0.4) is 0 Å². The highest BCUT2D eigenvalue weighted by molar-refractivity contribution is 6.33. The van der Waals surface area contributed by atoms with E-state index in [4.69, 9.17) is 28.9 Å². The second-order valence-corrected chi connectivity index (χ2v) is 4.88. The van der Waals surface area contributed by atoms with E-state index in [9.17, 15) is 0 Å². The summed E-state index contributed by atoms with van der Waals surface area (Å²) in [6.45, 7) is 0.921. The van der Waals surface area contributed by atoms with E-state index in [-0.39, 0.29) is 0 Å². The van der Waals surface area contributed by atoms with Crippen LogP contribution in [0.5, 0.6) is 0 Å². The number of aryl methyl sites for hydroxylation is 1. The lowest BCUT2D eigenvalue weighted by Crippen LogP contribution is -2.16. The van der Waals surface area contributed by atoms with Gasteiger partial charge < -0.3 is 11.1 Å². The molecular formula is C12H14Cl2N2. The molecule has 86 valence electrons. The highest BCUT2D eigenvalue weighted by Crippen LogP contribution is 2.24. The summed E-state index contributed by atoms with van der Waals surface area (Å²) in [5.74, 6) is 1.28. The fourth-order valence-corrected chi connectivity index (χ4v) is 2.29. The standard InChI is InChI=1S/C12H14Cl2N2/c13-10-3-4-11(14)9(6-10)2-1-8-5-12(15)16-7-8/h3-6,8,16H,1-2,7,15H2/t8-/m0/s1. The van der Waals surface area contributed by atoms with Crippen LogP contribution in [0.25, 0.3) is 0 Å². The van der Waals surface area contributed by atoms with Gasteiger partial charge >= 0.3 is 0 Å². The predicted molar refractivity (Wildman–Crippen MR) is 68.5 cm³/mol. The first-order valence-corrected chi connectivity index (χ1v) is 6.06. The van der Waals surface area contributed by atoms with Gasteiger partial charge in [0.05, 0.1) is 5.82 Å². The van der Waals surface area contributed by atoms with Crippen molar-refractivity contribution in [1.29, 1.82) is 0 Å². The van der Waals surface area contributed by atoms with Gasteiger partial charge in [-0.15, -0.1) is 0 Å². The summed E-state index contributed by atoms with van der Waals surface area (Å²) < 4.78 is 0. The van der Waals surface area contributed by atoms with E-state index in [1.807, 2.05) is 18.2 Å². The van der Waals surface area contributed by atoms with E-state index in [1.54, 1.807) is 0 Å². The van der Waals surface area contributed by atoms with Crippen molar-refractivity contribution in [3.63, 3.8) is 0 Å². The van der Waals surface area contributed by atoms with E-state index in [0.29, 0.717) is 5.92 Å². The minimum absolute atomic E-state index is 0.495. The van der Waals surface area contributed by atoms with Gasteiger partial charge in [0.15, 0.2) is 0 Å². The zero-order valence-corrected chi connectivity index (χ0v) is 10.4. The Bertz CT molecular complexity index is 415.